The van der Waals surface area contributed by atoms with Crippen molar-refractivity contribution in [3.8, 4) is 17.2 Å². The molecule has 11 heteroatoms. The van der Waals surface area contributed by atoms with Crippen molar-refractivity contribution in [3.63, 3.8) is 0 Å². The normalized spacial score (nSPS) is 10.5. The van der Waals surface area contributed by atoms with Crippen LogP contribution in [0.5, 0.6) is 17.2 Å². The topological polar surface area (TPSA) is 127 Å². The van der Waals surface area contributed by atoms with Gasteiger partial charge in [0, 0.05) is 25.3 Å². The number of carbonyl (C=O) groups excluding carboxylic acids is 1. The standard InChI is InChI=1S/C21H25N5O6/c1-26(11-12-7-6-8-13(9-12)22-21(28)25-32-5)20-23-14-10-15(29-2)17(30-3)18(31-4)16(14)19(27)24-20/h6-10H,11H2,1-5H3,(H2,22,25,28)(H,23,24,27). The van der Waals surface area contributed by atoms with E-state index in [0.717, 1.165) is 5.56 Å². The molecule has 3 N–H and O–H groups in total. The molecular formula is C21H25N5O6. The summed E-state index contributed by atoms with van der Waals surface area (Å²) in [5.41, 5.74) is 3.69. The number of hydrogen-bond donors (Lipinski definition) is 3. The lowest BCUT2D eigenvalue weighted by Crippen LogP contribution is -2.27. The van der Waals surface area contributed by atoms with E-state index in [4.69, 9.17) is 14.2 Å². The summed E-state index contributed by atoms with van der Waals surface area (Å²) < 4.78 is 16.1. The van der Waals surface area contributed by atoms with Gasteiger partial charge in [0.05, 0.1) is 34.0 Å². The summed E-state index contributed by atoms with van der Waals surface area (Å²) in [5, 5.41) is 2.92. The van der Waals surface area contributed by atoms with Crippen LogP contribution < -0.4 is 35.5 Å². The lowest BCUT2D eigenvalue weighted by Gasteiger charge is -2.20. The number of aromatic nitrogens is 2. The van der Waals surface area contributed by atoms with Crippen LogP contribution in [-0.4, -0.2) is 51.5 Å². The van der Waals surface area contributed by atoms with Crippen molar-refractivity contribution in [3.05, 3.63) is 46.2 Å². The number of nitrogens with one attached hydrogen (secondary N) is 3. The van der Waals surface area contributed by atoms with Crippen molar-refractivity contribution in [1.82, 2.24) is 15.4 Å². The Hall–Kier alpha value is -3.99. The summed E-state index contributed by atoms with van der Waals surface area (Å²) >= 11 is 0. The van der Waals surface area contributed by atoms with Crippen LogP contribution in [0.1, 0.15) is 5.56 Å². The number of anilines is 2. The molecule has 3 rings (SSSR count). The van der Waals surface area contributed by atoms with E-state index in [1.54, 1.807) is 24.1 Å². The second-order valence-electron chi connectivity index (χ2n) is 6.75. The highest BCUT2D eigenvalue weighted by molar-refractivity contribution is 5.90. The predicted molar refractivity (Wildman–Crippen MR) is 120 cm³/mol. The Morgan fingerprint density at radius 1 is 1.09 bits per heavy atom. The minimum atomic E-state index is -0.489. The van der Waals surface area contributed by atoms with Crippen LogP contribution in [0.25, 0.3) is 10.9 Å². The monoisotopic (exact) mass is 443 g/mol. The molecule has 0 aliphatic rings. The highest BCUT2D eigenvalue weighted by atomic mass is 16.6. The maximum absolute atomic E-state index is 12.9. The number of rotatable bonds is 8. The summed E-state index contributed by atoms with van der Waals surface area (Å²) in [6.07, 6.45) is 0. The Morgan fingerprint density at radius 2 is 1.84 bits per heavy atom. The van der Waals surface area contributed by atoms with Crippen molar-refractivity contribution in [2.75, 3.05) is 45.7 Å². The lowest BCUT2D eigenvalue weighted by atomic mass is 10.2. The molecule has 0 fully saturated rings. The fourth-order valence-electron chi connectivity index (χ4n) is 3.28. The van der Waals surface area contributed by atoms with Crippen molar-refractivity contribution in [2.24, 2.45) is 0 Å². The van der Waals surface area contributed by atoms with Gasteiger partial charge in [0.15, 0.2) is 11.5 Å². The number of amides is 2. The quantitative estimate of drug-likeness (QED) is 0.453. The Balaban J connectivity index is 1.93. The number of H-pyrrole nitrogens is 1. The number of nitrogens with zero attached hydrogens (tertiary/aromatic N) is 2. The maximum atomic E-state index is 12.9. The largest absolute Gasteiger partial charge is 0.493 e. The molecule has 1 aromatic heterocycles. The molecule has 1 heterocycles. The molecule has 3 aromatic rings. The molecule has 32 heavy (non-hydrogen) atoms. The van der Waals surface area contributed by atoms with Crippen LogP contribution in [0.15, 0.2) is 35.1 Å². The van der Waals surface area contributed by atoms with E-state index >= 15 is 0 Å². The molecule has 0 radical (unpaired) electrons. The highest BCUT2D eigenvalue weighted by Crippen LogP contribution is 2.41. The van der Waals surface area contributed by atoms with Gasteiger partial charge in [-0.05, 0) is 17.7 Å². The third-order valence-corrected chi connectivity index (χ3v) is 4.65. The first kappa shape index (κ1) is 22.7. The molecule has 0 bridgehead atoms. The smallest absolute Gasteiger partial charge is 0.343 e. The molecule has 0 saturated carbocycles. The number of aromatic amines is 1. The molecule has 2 amide bonds. The van der Waals surface area contributed by atoms with Gasteiger partial charge in [0.2, 0.25) is 11.7 Å². The number of benzene rings is 2. The zero-order valence-corrected chi connectivity index (χ0v) is 18.4. The zero-order valence-electron chi connectivity index (χ0n) is 18.4. The summed E-state index contributed by atoms with van der Waals surface area (Å²) in [6.45, 7) is 0.417. The van der Waals surface area contributed by atoms with Gasteiger partial charge < -0.3 is 24.4 Å². The first-order chi connectivity index (χ1) is 15.4. The molecule has 2 aromatic carbocycles. The highest BCUT2D eigenvalue weighted by Gasteiger charge is 2.20. The molecule has 0 spiro atoms. The van der Waals surface area contributed by atoms with Gasteiger partial charge in [-0.3, -0.25) is 14.6 Å². The van der Waals surface area contributed by atoms with Crippen LogP contribution in [0, 0.1) is 0 Å². The van der Waals surface area contributed by atoms with Crippen molar-refractivity contribution in [2.45, 2.75) is 6.54 Å². The average molecular weight is 443 g/mol. The Kier molecular flexibility index (Phi) is 7.00. The number of ether oxygens (including phenoxy) is 3. The van der Waals surface area contributed by atoms with E-state index in [1.807, 2.05) is 18.2 Å². The van der Waals surface area contributed by atoms with Gasteiger partial charge in [-0.1, -0.05) is 12.1 Å². The Morgan fingerprint density at radius 3 is 2.50 bits per heavy atom. The Bertz CT molecular complexity index is 1180. The first-order valence-corrected chi connectivity index (χ1v) is 9.54. The lowest BCUT2D eigenvalue weighted by molar-refractivity contribution is 0.114. The minimum Gasteiger partial charge on any atom is -0.493 e. The van der Waals surface area contributed by atoms with Gasteiger partial charge in [0.1, 0.15) is 5.39 Å². The number of methoxy groups -OCH3 is 3. The minimum absolute atomic E-state index is 0.248. The van der Waals surface area contributed by atoms with Crippen LogP contribution in [-0.2, 0) is 11.4 Å². The van der Waals surface area contributed by atoms with Gasteiger partial charge >= 0.3 is 6.03 Å². The molecule has 0 unspecified atom stereocenters. The number of hydroxylamine groups is 1. The number of urea groups is 1. The van der Waals surface area contributed by atoms with Gasteiger partial charge in [-0.15, -0.1) is 0 Å². The van der Waals surface area contributed by atoms with E-state index in [1.165, 1.54) is 28.4 Å². The second kappa shape index (κ2) is 9.88. The van der Waals surface area contributed by atoms with Crippen molar-refractivity contribution in [1.29, 1.82) is 0 Å². The van der Waals surface area contributed by atoms with E-state index in [2.05, 4.69) is 25.6 Å². The average Bonchev–Trinajstić information content (AvgIpc) is 2.77. The third-order valence-electron chi connectivity index (χ3n) is 4.65. The summed E-state index contributed by atoms with van der Waals surface area (Å²) in [7, 11) is 7.56. The molecule has 0 saturated heterocycles. The number of hydrogen-bond acceptors (Lipinski definition) is 8. The van der Waals surface area contributed by atoms with E-state index in [0.29, 0.717) is 35.2 Å². The second-order valence-corrected chi connectivity index (χ2v) is 6.75. The van der Waals surface area contributed by atoms with Crippen molar-refractivity contribution >= 4 is 28.6 Å². The summed E-state index contributed by atoms with van der Waals surface area (Å²) in [6, 6.07) is 8.40. The molecular weight excluding hydrogens is 418 g/mol. The molecule has 0 aliphatic carbocycles. The van der Waals surface area contributed by atoms with Crippen LogP contribution >= 0.6 is 0 Å². The van der Waals surface area contributed by atoms with Crippen LogP contribution in [0.4, 0.5) is 16.4 Å². The molecule has 0 atom stereocenters. The Labute approximate surface area is 184 Å². The summed E-state index contributed by atoms with van der Waals surface area (Å²) in [5.74, 6) is 1.32. The van der Waals surface area contributed by atoms with Crippen LogP contribution in [0.2, 0.25) is 0 Å². The van der Waals surface area contributed by atoms with Gasteiger partial charge in [0.25, 0.3) is 5.56 Å². The third kappa shape index (κ3) is 4.67. The number of fused-ring (bicyclic) bond motifs is 1. The van der Waals surface area contributed by atoms with Gasteiger partial charge in [-0.2, -0.15) is 0 Å². The maximum Gasteiger partial charge on any atom is 0.343 e. The number of carbonyl (C=O) groups is 1. The molecule has 170 valence electrons. The fraction of sp³-hybridized carbons (Fsp3) is 0.286. The molecule has 0 aliphatic heterocycles. The predicted octanol–water partition coefficient (Wildman–Crippen LogP) is 2.27. The van der Waals surface area contributed by atoms with E-state index in [-0.39, 0.29) is 16.7 Å². The fourth-order valence-corrected chi connectivity index (χ4v) is 3.28. The first-order valence-electron chi connectivity index (χ1n) is 9.54. The van der Waals surface area contributed by atoms with E-state index < -0.39 is 6.03 Å². The molecule has 11 nitrogen and oxygen atoms in total. The van der Waals surface area contributed by atoms with Crippen molar-refractivity contribution < 1.29 is 23.8 Å². The SMILES string of the molecule is CONC(=O)Nc1cccc(CN(C)c2nc3cc(OC)c(OC)c(OC)c3c(=O)[nH]2)c1. The van der Waals surface area contributed by atoms with E-state index in [9.17, 15) is 9.59 Å². The van der Waals surface area contributed by atoms with Crippen LogP contribution in [0.3, 0.4) is 0 Å². The zero-order chi connectivity index (χ0) is 23.3. The van der Waals surface area contributed by atoms with Gasteiger partial charge in [-0.25, -0.2) is 15.3 Å². The summed E-state index contributed by atoms with van der Waals surface area (Å²) in [4.78, 5) is 38.2.